The summed E-state index contributed by atoms with van der Waals surface area (Å²) in [5, 5.41) is 9.66. The number of carbonyl (C=O) groups excluding carboxylic acids is 1. The second-order valence-corrected chi connectivity index (χ2v) is 3.85. The molecule has 86 valence electrons. The molecule has 0 unspecified atom stereocenters. The van der Waals surface area contributed by atoms with E-state index in [-0.39, 0.29) is 18.2 Å². The van der Waals surface area contributed by atoms with Crippen LogP contribution in [0.15, 0.2) is 12.2 Å². The number of methoxy groups -OCH3 is 1. The minimum Gasteiger partial charge on any atom is -0.460 e. The standard InChI is InChI=1S/C11H18O4/c1-8-3-4-9(12)7-10(14-2)5-6-11(13)15-8/h5-6,8-10,12H,3-4,7H2,1-2H3/b6-5-/t8-,9+,10-/m1/s1. The van der Waals surface area contributed by atoms with Crippen LogP contribution in [0.2, 0.25) is 0 Å². The van der Waals surface area contributed by atoms with Crippen molar-refractivity contribution in [3.05, 3.63) is 12.2 Å². The van der Waals surface area contributed by atoms with Gasteiger partial charge in [-0.2, -0.15) is 0 Å². The number of ether oxygens (including phenoxy) is 2. The smallest absolute Gasteiger partial charge is 0.330 e. The fraction of sp³-hybridized carbons (Fsp3) is 0.727. The minimum atomic E-state index is -0.404. The molecule has 0 saturated heterocycles. The summed E-state index contributed by atoms with van der Waals surface area (Å²) >= 11 is 0. The Labute approximate surface area is 89.9 Å². The van der Waals surface area contributed by atoms with Gasteiger partial charge in [-0.3, -0.25) is 0 Å². The summed E-state index contributed by atoms with van der Waals surface area (Å²) in [6.07, 6.45) is 4.05. The quantitative estimate of drug-likeness (QED) is 0.662. The van der Waals surface area contributed by atoms with Gasteiger partial charge >= 0.3 is 5.97 Å². The molecule has 0 radical (unpaired) electrons. The molecule has 0 amide bonds. The molecule has 0 aromatic heterocycles. The summed E-state index contributed by atoms with van der Waals surface area (Å²) in [5.74, 6) is -0.346. The maximum atomic E-state index is 11.2. The third kappa shape index (κ3) is 4.44. The molecule has 1 rings (SSSR count). The SMILES string of the molecule is CO[C@@H]1/C=C\C(=O)O[C@H](C)CC[C@H](O)C1. The minimum absolute atomic E-state index is 0.143. The number of esters is 1. The van der Waals surface area contributed by atoms with Crippen molar-refractivity contribution in [2.75, 3.05) is 7.11 Å². The van der Waals surface area contributed by atoms with Crippen LogP contribution in [0, 0.1) is 0 Å². The fourth-order valence-electron chi connectivity index (χ4n) is 1.55. The van der Waals surface area contributed by atoms with Crippen molar-refractivity contribution in [2.24, 2.45) is 0 Å². The Morgan fingerprint density at radius 1 is 1.53 bits per heavy atom. The highest BCUT2D eigenvalue weighted by Crippen LogP contribution is 2.13. The molecule has 15 heavy (non-hydrogen) atoms. The molecule has 0 aromatic rings. The fourth-order valence-corrected chi connectivity index (χ4v) is 1.55. The first kappa shape index (κ1) is 12.2. The normalized spacial score (nSPS) is 35.7. The van der Waals surface area contributed by atoms with Crippen LogP contribution in [0.1, 0.15) is 26.2 Å². The first-order valence-electron chi connectivity index (χ1n) is 5.21. The third-order valence-electron chi connectivity index (χ3n) is 2.48. The Morgan fingerprint density at radius 2 is 2.27 bits per heavy atom. The van der Waals surface area contributed by atoms with Crippen molar-refractivity contribution in [1.29, 1.82) is 0 Å². The molecule has 0 saturated carbocycles. The lowest BCUT2D eigenvalue weighted by Gasteiger charge is -2.20. The number of carbonyl (C=O) groups is 1. The van der Waals surface area contributed by atoms with Gasteiger partial charge in [0.1, 0.15) is 0 Å². The first-order chi connectivity index (χ1) is 7.11. The second kappa shape index (κ2) is 5.88. The molecular weight excluding hydrogens is 196 g/mol. The number of aliphatic hydroxyl groups is 1. The van der Waals surface area contributed by atoms with Gasteiger partial charge in [0.25, 0.3) is 0 Å². The van der Waals surface area contributed by atoms with Gasteiger partial charge in [0.2, 0.25) is 0 Å². The van der Waals surface area contributed by atoms with Crippen molar-refractivity contribution < 1.29 is 19.4 Å². The van der Waals surface area contributed by atoms with Gasteiger partial charge in [-0.25, -0.2) is 4.79 Å². The molecule has 0 aliphatic carbocycles. The van der Waals surface area contributed by atoms with Crippen molar-refractivity contribution in [3.63, 3.8) is 0 Å². The van der Waals surface area contributed by atoms with Crippen LogP contribution in [0.25, 0.3) is 0 Å². The summed E-state index contributed by atoms with van der Waals surface area (Å²) in [6, 6.07) is 0. The Hall–Kier alpha value is -0.870. The van der Waals surface area contributed by atoms with E-state index in [1.54, 1.807) is 13.2 Å². The van der Waals surface area contributed by atoms with Gasteiger partial charge in [-0.15, -0.1) is 0 Å². The van der Waals surface area contributed by atoms with E-state index >= 15 is 0 Å². The van der Waals surface area contributed by atoms with E-state index < -0.39 is 6.10 Å². The summed E-state index contributed by atoms with van der Waals surface area (Å²) < 4.78 is 10.2. The van der Waals surface area contributed by atoms with Crippen molar-refractivity contribution in [1.82, 2.24) is 0 Å². The van der Waals surface area contributed by atoms with Crippen molar-refractivity contribution >= 4 is 5.97 Å². The van der Waals surface area contributed by atoms with Crippen molar-refractivity contribution in [2.45, 2.75) is 44.5 Å². The van der Waals surface area contributed by atoms with Crippen LogP contribution in [-0.2, 0) is 14.3 Å². The van der Waals surface area contributed by atoms with E-state index in [1.807, 2.05) is 6.92 Å². The lowest BCUT2D eigenvalue weighted by Crippen LogP contribution is -2.23. The van der Waals surface area contributed by atoms with Gasteiger partial charge in [0.15, 0.2) is 0 Å². The van der Waals surface area contributed by atoms with Crippen LogP contribution in [0.3, 0.4) is 0 Å². The molecule has 0 bridgehead atoms. The van der Waals surface area contributed by atoms with Crippen LogP contribution in [-0.4, -0.2) is 36.5 Å². The van der Waals surface area contributed by atoms with Gasteiger partial charge in [0, 0.05) is 19.6 Å². The Balaban J connectivity index is 2.65. The highest BCUT2D eigenvalue weighted by molar-refractivity contribution is 5.82. The van der Waals surface area contributed by atoms with E-state index in [2.05, 4.69) is 0 Å². The predicted molar refractivity (Wildman–Crippen MR) is 55.3 cm³/mol. The summed E-state index contributed by atoms with van der Waals surface area (Å²) in [5.41, 5.74) is 0. The van der Waals surface area contributed by atoms with Crippen LogP contribution < -0.4 is 0 Å². The van der Waals surface area contributed by atoms with E-state index in [9.17, 15) is 9.90 Å². The molecule has 0 spiro atoms. The largest absolute Gasteiger partial charge is 0.460 e. The average Bonchev–Trinajstić information content (AvgIpc) is 2.20. The number of hydrogen-bond donors (Lipinski definition) is 1. The molecule has 1 N–H and O–H groups in total. The monoisotopic (exact) mass is 214 g/mol. The predicted octanol–water partition coefficient (Wildman–Crippen LogP) is 1.03. The molecule has 1 aliphatic heterocycles. The highest BCUT2D eigenvalue weighted by atomic mass is 16.5. The van der Waals surface area contributed by atoms with Crippen LogP contribution in [0.5, 0.6) is 0 Å². The zero-order valence-corrected chi connectivity index (χ0v) is 9.18. The molecule has 1 heterocycles. The summed E-state index contributed by atoms with van der Waals surface area (Å²) in [7, 11) is 1.56. The van der Waals surface area contributed by atoms with Crippen molar-refractivity contribution in [3.8, 4) is 0 Å². The van der Waals surface area contributed by atoms with Gasteiger partial charge in [-0.05, 0) is 25.8 Å². The zero-order valence-electron chi connectivity index (χ0n) is 9.18. The number of cyclic esters (lactones) is 1. The van der Waals surface area contributed by atoms with E-state index in [1.165, 1.54) is 6.08 Å². The summed E-state index contributed by atoms with van der Waals surface area (Å²) in [4.78, 5) is 11.2. The average molecular weight is 214 g/mol. The van der Waals surface area contributed by atoms with Crippen LogP contribution in [0.4, 0.5) is 0 Å². The molecule has 4 heteroatoms. The molecule has 3 atom stereocenters. The summed E-state index contributed by atoms with van der Waals surface area (Å²) in [6.45, 7) is 1.83. The van der Waals surface area contributed by atoms with E-state index in [4.69, 9.17) is 9.47 Å². The molecule has 0 aromatic carbocycles. The first-order valence-corrected chi connectivity index (χ1v) is 5.21. The topological polar surface area (TPSA) is 55.8 Å². The highest BCUT2D eigenvalue weighted by Gasteiger charge is 2.16. The second-order valence-electron chi connectivity index (χ2n) is 3.85. The lowest BCUT2D eigenvalue weighted by atomic mass is 10.0. The Morgan fingerprint density at radius 3 is 2.93 bits per heavy atom. The Bertz CT molecular complexity index is 237. The van der Waals surface area contributed by atoms with Crippen LogP contribution >= 0.6 is 0 Å². The Kier molecular flexibility index (Phi) is 4.78. The van der Waals surface area contributed by atoms with E-state index in [0.29, 0.717) is 19.3 Å². The number of aliphatic hydroxyl groups excluding tert-OH is 1. The maximum absolute atomic E-state index is 11.2. The molecule has 0 fully saturated rings. The lowest BCUT2D eigenvalue weighted by molar-refractivity contribution is -0.143. The van der Waals surface area contributed by atoms with Gasteiger partial charge in [-0.1, -0.05) is 0 Å². The van der Waals surface area contributed by atoms with Gasteiger partial charge in [0.05, 0.1) is 18.3 Å². The van der Waals surface area contributed by atoms with E-state index in [0.717, 1.165) is 0 Å². The number of rotatable bonds is 1. The third-order valence-corrected chi connectivity index (χ3v) is 2.48. The zero-order chi connectivity index (χ0) is 11.3. The maximum Gasteiger partial charge on any atom is 0.330 e. The molecule has 4 nitrogen and oxygen atoms in total. The number of hydrogen-bond acceptors (Lipinski definition) is 4. The molecule has 1 aliphatic rings. The van der Waals surface area contributed by atoms with Gasteiger partial charge < -0.3 is 14.6 Å². The molecular formula is C11H18O4.